The van der Waals surface area contributed by atoms with Gasteiger partial charge in [-0.2, -0.15) is 0 Å². The topological polar surface area (TPSA) is 26.3 Å². The second-order valence-electron chi connectivity index (χ2n) is 4.65. The quantitative estimate of drug-likeness (QED) is 0.500. The fraction of sp³-hybridized carbons (Fsp3) is 0.929. The van der Waals surface area contributed by atoms with Crippen LogP contribution in [-0.2, 0) is 9.53 Å². The van der Waals surface area contributed by atoms with Crippen molar-refractivity contribution in [2.75, 3.05) is 13.2 Å². The number of hydrogen-bond acceptors (Lipinski definition) is 2. The Kier molecular flexibility index (Phi) is 10.9. The third-order valence-corrected chi connectivity index (χ3v) is 2.96. The van der Waals surface area contributed by atoms with Crippen LogP contribution in [0.3, 0.4) is 0 Å². The second-order valence-corrected chi connectivity index (χ2v) is 4.65. The summed E-state index contributed by atoms with van der Waals surface area (Å²) >= 11 is 0. The Balaban J connectivity index is 3.30. The van der Waals surface area contributed by atoms with E-state index in [9.17, 15) is 4.79 Å². The van der Waals surface area contributed by atoms with Crippen LogP contribution in [0.2, 0.25) is 0 Å². The van der Waals surface area contributed by atoms with E-state index in [1.54, 1.807) is 6.92 Å². The monoisotopic (exact) mass is 228 g/mol. The molecule has 0 radical (unpaired) electrons. The molecule has 0 saturated carbocycles. The smallest absolute Gasteiger partial charge is 0.129 e. The number of rotatable bonds is 11. The van der Waals surface area contributed by atoms with Gasteiger partial charge in [0.25, 0.3) is 0 Å². The number of hydrogen-bond donors (Lipinski definition) is 0. The summed E-state index contributed by atoms with van der Waals surface area (Å²) in [6.45, 7) is 7.83. The summed E-state index contributed by atoms with van der Waals surface area (Å²) in [5.74, 6) is 1.02. The summed E-state index contributed by atoms with van der Waals surface area (Å²) in [5, 5.41) is 0. The maximum absolute atomic E-state index is 10.7. The molecule has 16 heavy (non-hydrogen) atoms. The molecule has 0 N–H and O–H groups in total. The van der Waals surface area contributed by atoms with Crippen molar-refractivity contribution < 1.29 is 9.53 Å². The van der Waals surface area contributed by atoms with E-state index >= 15 is 0 Å². The lowest BCUT2D eigenvalue weighted by Crippen LogP contribution is -2.09. The van der Waals surface area contributed by atoms with Gasteiger partial charge in [0.15, 0.2) is 0 Å². The summed E-state index contributed by atoms with van der Waals surface area (Å²) < 4.78 is 5.65. The van der Waals surface area contributed by atoms with E-state index < -0.39 is 0 Å². The molecule has 0 amide bonds. The maximum atomic E-state index is 10.7. The standard InChI is InChI=1S/C14H28O2/c1-4-6-10-14(5-2)12-16-11-8-7-9-13(3)15/h14H,4-12H2,1-3H3. The van der Waals surface area contributed by atoms with Crippen molar-refractivity contribution in [3.63, 3.8) is 0 Å². The third-order valence-electron chi connectivity index (χ3n) is 2.96. The van der Waals surface area contributed by atoms with Crippen LogP contribution < -0.4 is 0 Å². The molecule has 0 aromatic heterocycles. The highest BCUT2D eigenvalue weighted by Crippen LogP contribution is 2.13. The first-order valence-corrected chi connectivity index (χ1v) is 6.77. The summed E-state index contributed by atoms with van der Waals surface area (Å²) in [6.07, 6.45) is 7.79. The average molecular weight is 228 g/mol. The first kappa shape index (κ1) is 15.6. The zero-order chi connectivity index (χ0) is 12.2. The molecule has 2 nitrogen and oxygen atoms in total. The van der Waals surface area contributed by atoms with E-state index in [-0.39, 0.29) is 5.78 Å². The van der Waals surface area contributed by atoms with E-state index in [1.807, 2.05) is 0 Å². The van der Waals surface area contributed by atoms with Crippen LogP contribution in [0.1, 0.15) is 65.7 Å². The molecule has 0 aromatic carbocycles. The van der Waals surface area contributed by atoms with Gasteiger partial charge in [-0.1, -0.05) is 33.1 Å². The van der Waals surface area contributed by atoms with E-state index in [2.05, 4.69) is 13.8 Å². The lowest BCUT2D eigenvalue weighted by Gasteiger charge is -2.14. The number of carbonyl (C=O) groups excluding carboxylic acids is 1. The van der Waals surface area contributed by atoms with E-state index in [4.69, 9.17) is 4.74 Å². The highest BCUT2D eigenvalue weighted by molar-refractivity contribution is 5.75. The van der Waals surface area contributed by atoms with E-state index in [1.165, 1.54) is 25.7 Å². The molecule has 0 rings (SSSR count). The Morgan fingerprint density at radius 2 is 1.94 bits per heavy atom. The van der Waals surface area contributed by atoms with Gasteiger partial charge in [0.1, 0.15) is 5.78 Å². The summed E-state index contributed by atoms with van der Waals surface area (Å²) in [4.78, 5) is 10.7. The zero-order valence-electron chi connectivity index (χ0n) is 11.3. The molecule has 2 heteroatoms. The second kappa shape index (κ2) is 11.1. The summed E-state index contributed by atoms with van der Waals surface area (Å²) in [5.41, 5.74) is 0. The fourth-order valence-corrected chi connectivity index (χ4v) is 1.73. The maximum Gasteiger partial charge on any atom is 0.129 e. The molecule has 0 fully saturated rings. The van der Waals surface area contributed by atoms with Gasteiger partial charge in [0, 0.05) is 19.6 Å². The predicted octanol–water partition coefficient (Wildman–Crippen LogP) is 3.98. The van der Waals surface area contributed by atoms with Gasteiger partial charge in [-0.15, -0.1) is 0 Å². The summed E-state index contributed by atoms with van der Waals surface area (Å²) in [7, 11) is 0. The van der Waals surface area contributed by atoms with E-state index in [0.717, 1.165) is 32.0 Å². The van der Waals surface area contributed by atoms with Crippen molar-refractivity contribution in [1.82, 2.24) is 0 Å². The largest absolute Gasteiger partial charge is 0.381 e. The molecule has 0 aromatic rings. The molecular weight excluding hydrogens is 200 g/mol. The average Bonchev–Trinajstić information content (AvgIpc) is 2.26. The number of Topliss-reactive ketones (excluding diaryl/α,β-unsaturated/α-hetero) is 1. The molecule has 96 valence electrons. The van der Waals surface area contributed by atoms with Gasteiger partial charge in [0.05, 0.1) is 0 Å². The van der Waals surface area contributed by atoms with Gasteiger partial charge in [0.2, 0.25) is 0 Å². The lowest BCUT2D eigenvalue weighted by atomic mass is 10.0. The minimum absolute atomic E-state index is 0.286. The molecule has 0 saturated heterocycles. The molecule has 1 atom stereocenters. The van der Waals surface area contributed by atoms with Crippen LogP contribution in [0.5, 0.6) is 0 Å². The van der Waals surface area contributed by atoms with Crippen LogP contribution in [0, 0.1) is 5.92 Å². The Morgan fingerprint density at radius 3 is 2.50 bits per heavy atom. The molecule has 0 bridgehead atoms. The highest BCUT2D eigenvalue weighted by Gasteiger charge is 2.05. The minimum atomic E-state index is 0.286. The molecule has 0 aliphatic heterocycles. The van der Waals surface area contributed by atoms with Crippen LogP contribution in [0.15, 0.2) is 0 Å². The van der Waals surface area contributed by atoms with Crippen molar-refractivity contribution in [3.05, 3.63) is 0 Å². The SMILES string of the molecule is CCCCC(CC)COCCCCC(C)=O. The Bertz CT molecular complexity index is 166. The molecular formula is C14H28O2. The molecule has 1 unspecified atom stereocenters. The highest BCUT2D eigenvalue weighted by atomic mass is 16.5. The summed E-state index contributed by atoms with van der Waals surface area (Å²) in [6, 6.07) is 0. The molecule has 0 heterocycles. The van der Waals surface area contributed by atoms with Gasteiger partial charge in [-0.05, 0) is 32.1 Å². The number of carbonyl (C=O) groups is 1. The van der Waals surface area contributed by atoms with Gasteiger partial charge in [-0.3, -0.25) is 0 Å². The van der Waals surface area contributed by atoms with Crippen molar-refractivity contribution in [2.45, 2.75) is 65.7 Å². The van der Waals surface area contributed by atoms with E-state index in [0.29, 0.717) is 6.42 Å². The predicted molar refractivity (Wildman–Crippen MR) is 68.7 cm³/mol. The number of unbranched alkanes of at least 4 members (excludes halogenated alkanes) is 2. The zero-order valence-corrected chi connectivity index (χ0v) is 11.3. The van der Waals surface area contributed by atoms with Crippen LogP contribution in [-0.4, -0.2) is 19.0 Å². The van der Waals surface area contributed by atoms with Gasteiger partial charge in [-0.25, -0.2) is 0 Å². The Hall–Kier alpha value is -0.370. The van der Waals surface area contributed by atoms with Crippen molar-refractivity contribution in [2.24, 2.45) is 5.92 Å². The molecule has 0 aliphatic rings. The first-order valence-electron chi connectivity index (χ1n) is 6.77. The van der Waals surface area contributed by atoms with Gasteiger partial charge < -0.3 is 9.53 Å². The van der Waals surface area contributed by atoms with Gasteiger partial charge >= 0.3 is 0 Å². The normalized spacial score (nSPS) is 12.7. The lowest BCUT2D eigenvalue weighted by molar-refractivity contribution is -0.117. The minimum Gasteiger partial charge on any atom is -0.381 e. The van der Waals surface area contributed by atoms with Crippen molar-refractivity contribution >= 4 is 5.78 Å². The Labute approximate surface area is 101 Å². The molecule has 0 aliphatic carbocycles. The first-order chi connectivity index (χ1) is 7.70. The Morgan fingerprint density at radius 1 is 1.19 bits per heavy atom. The van der Waals surface area contributed by atoms with Crippen LogP contribution >= 0.6 is 0 Å². The van der Waals surface area contributed by atoms with Crippen molar-refractivity contribution in [1.29, 1.82) is 0 Å². The van der Waals surface area contributed by atoms with Crippen LogP contribution in [0.4, 0.5) is 0 Å². The van der Waals surface area contributed by atoms with Crippen LogP contribution in [0.25, 0.3) is 0 Å². The fourth-order valence-electron chi connectivity index (χ4n) is 1.73. The number of ether oxygens (including phenoxy) is 1. The number of ketones is 1. The van der Waals surface area contributed by atoms with Crippen molar-refractivity contribution in [3.8, 4) is 0 Å². The molecule has 0 spiro atoms. The third kappa shape index (κ3) is 10.2.